The van der Waals surface area contributed by atoms with Gasteiger partial charge in [0.25, 0.3) is 11.6 Å². The van der Waals surface area contributed by atoms with Gasteiger partial charge in [-0.05, 0) is 49.4 Å². The van der Waals surface area contributed by atoms with E-state index in [0.29, 0.717) is 41.7 Å². The Morgan fingerprint density at radius 3 is 2.39 bits per heavy atom. The van der Waals surface area contributed by atoms with Crippen molar-refractivity contribution in [3.63, 3.8) is 0 Å². The molecule has 33 heavy (non-hydrogen) atoms. The van der Waals surface area contributed by atoms with Crippen molar-refractivity contribution in [2.45, 2.75) is 6.92 Å². The van der Waals surface area contributed by atoms with Crippen LogP contribution in [-0.2, 0) is 0 Å². The van der Waals surface area contributed by atoms with E-state index in [-0.39, 0.29) is 11.6 Å². The number of nitrogens with one attached hydrogen (secondary N) is 2. The predicted octanol–water partition coefficient (Wildman–Crippen LogP) is 4.46. The van der Waals surface area contributed by atoms with Crippen molar-refractivity contribution in [1.29, 1.82) is 0 Å². The number of aryl methyl sites for hydroxylation is 1. The quantitative estimate of drug-likeness (QED) is 0.234. The number of benzene rings is 3. The molecule has 1 aromatic heterocycles. The number of anilines is 1. The second kappa shape index (κ2) is 9.73. The molecule has 9 heteroatoms. The lowest BCUT2D eigenvalue weighted by Gasteiger charge is -2.08. The van der Waals surface area contributed by atoms with E-state index in [0.717, 1.165) is 11.1 Å². The largest absolute Gasteiger partial charge is 0.416 e. The number of rotatable bonds is 8. The molecule has 0 aliphatic heterocycles. The molecule has 4 aromatic rings. The van der Waals surface area contributed by atoms with Gasteiger partial charge in [-0.3, -0.25) is 14.9 Å². The lowest BCUT2D eigenvalue weighted by Crippen LogP contribution is -2.28. The van der Waals surface area contributed by atoms with E-state index in [1.54, 1.807) is 42.5 Å². The molecular formula is C24H21N5O4. The number of amides is 1. The number of hydrogen-bond donors (Lipinski definition) is 2. The third-order valence-electron chi connectivity index (χ3n) is 4.91. The van der Waals surface area contributed by atoms with E-state index in [9.17, 15) is 14.9 Å². The lowest BCUT2D eigenvalue weighted by molar-refractivity contribution is -0.384. The van der Waals surface area contributed by atoms with Crippen LogP contribution >= 0.6 is 0 Å². The highest BCUT2D eigenvalue weighted by molar-refractivity contribution is 5.94. The lowest BCUT2D eigenvalue weighted by atomic mass is 10.1. The van der Waals surface area contributed by atoms with Crippen molar-refractivity contribution in [2.75, 3.05) is 18.4 Å². The van der Waals surface area contributed by atoms with Gasteiger partial charge >= 0.3 is 0 Å². The van der Waals surface area contributed by atoms with Gasteiger partial charge in [0.2, 0.25) is 11.8 Å². The zero-order chi connectivity index (χ0) is 23.2. The van der Waals surface area contributed by atoms with Crippen molar-refractivity contribution in [3.8, 4) is 22.9 Å². The number of hydrogen-bond acceptors (Lipinski definition) is 7. The van der Waals surface area contributed by atoms with E-state index in [2.05, 4.69) is 20.8 Å². The Balaban J connectivity index is 1.33. The minimum absolute atomic E-state index is 0.00834. The Kier molecular flexibility index (Phi) is 6.40. The second-order valence-electron chi connectivity index (χ2n) is 7.32. The van der Waals surface area contributed by atoms with Crippen LogP contribution in [0.25, 0.3) is 22.9 Å². The van der Waals surface area contributed by atoms with Crippen molar-refractivity contribution < 1.29 is 14.1 Å². The standard InChI is InChI=1S/C24H21N5O4/c1-16-5-4-6-19(15-16)24-28-27-23(33-24)18-11-9-17(10-12-18)22(30)26-14-13-25-20-7-2-3-8-21(20)29(31)32/h2-12,15,25H,13-14H2,1H3,(H,26,30). The molecule has 0 saturated carbocycles. The fourth-order valence-electron chi connectivity index (χ4n) is 3.26. The molecular weight excluding hydrogens is 422 g/mol. The summed E-state index contributed by atoms with van der Waals surface area (Å²) in [4.78, 5) is 23.0. The van der Waals surface area contributed by atoms with Crippen LogP contribution in [0.1, 0.15) is 15.9 Å². The minimum atomic E-state index is -0.449. The third-order valence-corrected chi connectivity index (χ3v) is 4.91. The van der Waals surface area contributed by atoms with Crippen LogP contribution < -0.4 is 10.6 Å². The van der Waals surface area contributed by atoms with Crippen LogP contribution in [0.4, 0.5) is 11.4 Å². The monoisotopic (exact) mass is 443 g/mol. The van der Waals surface area contributed by atoms with E-state index in [4.69, 9.17) is 4.42 Å². The molecule has 0 unspecified atom stereocenters. The molecule has 1 amide bonds. The van der Waals surface area contributed by atoms with Gasteiger partial charge < -0.3 is 15.1 Å². The smallest absolute Gasteiger partial charge is 0.292 e. The molecule has 4 rings (SSSR count). The van der Waals surface area contributed by atoms with Crippen molar-refractivity contribution >= 4 is 17.3 Å². The zero-order valence-corrected chi connectivity index (χ0v) is 17.8. The first-order chi connectivity index (χ1) is 16.0. The van der Waals surface area contributed by atoms with Gasteiger partial charge in [0, 0.05) is 35.8 Å². The zero-order valence-electron chi connectivity index (χ0n) is 17.8. The van der Waals surface area contributed by atoms with Crippen LogP contribution in [0.15, 0.2) is 77.2 Å². The number of carbonyl (C=O) groups is 1. The summed E-state index contributed by atoms with van der Waals surface area (Å²) in [5, 5.41) is 25.0. The number of nitro groups is 1. The van der Waals surface area contributed by atoms with E-state index in [1.807, 2.05) is 31.2 Å². The summed E-state index contributed by atoms with van der Waals surface area (Å²) >= 11 is 0. The number of aromatic nitrogens is 2. The molecule has 0 bridgehead atoms. The Morgan fingerprint density at radius 2 is 1.67 bits per heavy atom. The fourth-order valence-corrected chi connectivity index (χ4v) is 3.26. The maximum Gasteiger partial charge on any atom is 0.292 e. The maximum atomic E-state index is 12.4. The van der Waals surface area contributed by atoms with Crippen LogP contribution in [0.2, 0.25) is 0 Å². The van der Waals surface area contributed by atoms with Crippen molar-refractivity contribution in [3.05, 3.63) is 94.0 Å². The minimum Gasteiger partial charge on any atom is -0.416 e. The van der Waals surface area contributed by atoms with Gasteiger partial charge in [-0.15, -0.1) is 10.2 Å². The summed E-state index contributed by atoms with van der Waals surface area (Å²) in [6, 6.07) is 21.0. The van der Waals surface area contributed by atoms with Gasteiger partial charge in [-0.1, -0.05) is 29.8 Å². The van der Waals surface area contributed by atoms with Gasteiger partial charge in [0.1, 0.15) is 5.69 Å². The highest BCUT2D eigenvalue weighted by Crippen LogP contribution is 2.25. The average Bonchev–Trinajstić information content (AvgIpc) is 3.32. The van der Waals surface area contributed by atoms with Crippen LogP contribution in [0.5, 0.6) is 0 Å². The molecule has 0 saturated heterocycles. The van der Waals surface area contributed by atoms with Gasteiger partial charge in [0.15, 0.2) is 0 Å². The van der Waals surface area contributed by atoms with Gasteiger partial charge in [-0.2, -0.15) is 0 Å². The Labute approximate surface area is 189 Å². The first-order valence-corrected chi connectivity index (χ1v) is 10.3. The summed E-state index contributed by atoms with van der Waals surface area (Å²) < 4.78 is 5.78. The second-order valence-corrected chi connectivity index (χ2v) is 7.32. The summed E-state index contributed by atoms with van der Waals surface area (Å²) in [7, 11) is 0. The van der Waals surface area contributed by atoms with Crippen LogP contribution in [0, 0.1) is 17.0 Å². The molecule has 0 spiro atoms. The predicted molar refractivity (Wildman–Crippen MR) is 124 cm³/mol. The Hall–Kier alpha value is -4.53. The first-order valence-electron chi connectivity index (χ1n) is 10.3. The Morgan fingerprint density at radius 1 is 0.939 bits per heavy atom. The third kappa shape index (κ3) is 5.21. The van der Waals surface area contributed by atoms with Gasteiger partial charge in [-0.25, -0.2) is 0 Å². The molecule has 0 aliphatic rings. The molecule has 1 heterocycles. The van der Waals surface area contributed by atoms with Crippen LogP contribution in [-0.4, -0.2) is 34.1 Å². The number of nitrogens with zero attached hydrogens (tertiary/aromatic N) is 3. The maximum absolute atomic E-state index is 12.4. The average molecular weight is 443 g/mol. The molecule has 2 N–H and O–H groups in total. The number of carbonyl (C=O) groups excluding carboxylic acids is 1. The molecule has 166 valence electrons. The van der Waals surface area contributed by atoms with Crippen molar-refractivity contribution in [1.82, 2.24) is 15.5 Å². The van der Waals surface area contributed by atoms with E-state index < -0.39 is 4.92 Å². The normalized spacial score (nSPS) is 10.6. The molecule has 3 aromatic carbocycles. The highest BCUT2D eigenvalue weighted by atomic mass is 16.6. The number of nitro benzene ring substituents is 1. The van der Waals surface area contributed by atoms with Gasteiger partial charge in [0.05, 0.1) is 4.92 Å². The summed E-state index contributed by atoms with van der Waals surface area (Å²) in [5.74, 6) is 0.547. The van der Waals surface area contributed by atoms with E-state index in [1.165, 1.54) is 6.07 Å². The molecule has 0 radical (unpaired) electrons. The molecule has 0 atom stereocenters. The Bertz CT molecular complexity index is 1280. The summed E-state index contributed by atoms with van der Waals surface area (Å²) in [5.41, 5.74) is 3.52. The fraction of sp³-hybridized carbons (Fsp3) is 0.125. The highest BCUT2D eigenvalue weighted by Gasteiger charge is 2.13. The summed E-state index contributed by atoms with van der Waals surface area (Å²) in [6.45, 7) is 2.64. The molecule has 0 aliphatic carbocycles. The topological polar surface area (TPSA) is 123 Å². The molecule has 9 nitrogen and oxygen atoms in total. The van der Waals surface area contributed by atoms with Crippen LogP contribution in [0.3, 0.4) is 0 Å². The molecule has 0 fully saturated rings. The van der Waals surface area contributed by atoms with Crippen molar-refractivity contribution in [2.24, 2.45) is 0 Å². The SMILES string of the molecule is Cc1cccc(-c2nnc(-c3ccc(C(=O)NCCNc4ccccc4[N+](=O)[O-])cc3)o2)c1. The first kappa shape index (κ1) is 21.7. The van der Waals surface area contributed by atoms with E-state index >= 15 is 0 Å². The summed E-state index contributed by atoms with van der Waals surface area (Å²) in [6.07, 6.45) is 0. The number of para-hydroxylation sites is 2.